The average Bonchev–Trinajstić information content (AvgIpc) is 3.23. The van der Waals surface area contributed by atoms with Gasteiger partial charge >= 0.3 is 7.82 Å². The number of phosphoric acid groups is 1. The van der Waals surface area contributed by atoms with Crippen molar-refractivity contribution >= 4 is 13.7 Å². The summed E-state index contributed by atoms with van der Waals surface area (Å²) in [6, 6.07) is -0.755. The minimum atomic E-state index is -4.31. The van der Waals surface area contributed by atoms with E-state index >= 15 is 0 Å². The lowest BCUT2D eigenvalue weighted by molar-refractivity contribution is -0.870. The van der Waals surface area contributed by atoms with Crippen LogP contribution >= 0.6 is 7.82 Å². The van der Waals surface area contributed by atoms with Gasteiger partial charge in [-0.15, -0.1) is 0 Å². The first-order valence-corrected chi connectivity index (χ1v) is 28.5. The highest BCUT2D eigenvalue weighted by molar-refractivity contribution is 7.47. The molecule has 0 fully saturated rings. The lowest BCUT2D eigenvalue weighted by Gasteiger charge is -2.26. The summed E-state index contributed by atoms with van der Waals surface area (Å²) in [4.78, 5) is 23.2. The van der Waals surface area contributed by atoms with E-state index < -0.39 is 20.0 Å². The molecule has 370 valence electrons. The molecule has 3 N–H and O–H groups in total. The molecular weight excluding hydrogens is 792 g/mol. The van der Waals surface area contributed by atoms with E-state index in [0.717, 1.165) is 38.5 Å². The summed E-state index contributed by atoms with van der Waals surface area (Å²) in [5, 5.41) is 14.0. The smallest absolute Gasteiger partial charge is 0.391 e. The quantitative estimate of drug-likeness (QED) is 0.0243. The van der Waals surface area contributed by atoms with Crippen LogP contribution in [0.25, 0.3) is 0 Å². The van der Waals surface area contributed by atoms with E-state index in [9.17, 15) is 19.4 Å². The highest BCUT2D eigenvalue weighted by atomic mass is 31.2. The van der Waals surface area contributed by atoms with Gasteiger partial charge in [-0.05, 0) is 38.5 Å². The average molecular weight is 900 g/mol. The number of hydrogen-bond acceptors (Lipinski definition) is 5. The molecular formula is C53H108N2O6P+. The Morgan fingerprint density at radius 3 is 1.24 bits per heavy atom. The summed E-state index contributed by atoms with van der Waals surface area (Å²) in [7, 11) is 1.63. The molecule has 0 spiro atoms. The third-order valence-corrected chi connectivity index (χ3v) is 13.5. The number of carbonyl (C=O) groups excluding carboxylic acids is 1. The van der Waals surface area contributed by atoms with E-state index in [1.165, 1.54) is 205 Å². The van der Waals surface area contributed by atoms with Crippen molar-refractivity contribution in [2.45, 2.75) is 283 Å². The molecule has 0 aromatic carbocycles. The second-order valence-electron chi connectivity index (χ2n) is 20.0. The number of unbranched alkanes of at least 4 members (excludes halogenated alkanes) is 35. The first-order chi connectivity index (χ1) is 30.0. The van der Waals surface area contributed by atoms with Crippen LogP contribution in [0.3, 0.4) is 0 Å². The van der Waals surface area contributed by atoms with Crippen LogP contribution in [0.15, 0.2) is 12.2 Å². The van der Waals surface area contributed by atoms with Crippen molar-refractivity contribution in [2.24, 2.45) is 0 Å². The number of nitrogens with one attached hydrogen (secondary N) is 1. The van der Waals surface area contributed by atoms with Crippen molar-refractivity contribution in [1.82, 2.24) is 5.32 Å². The van der Waals surface area contributed by atoms with Crippen LogP contribution in [-0.4, -0.2) is 73.4 Å². The normalized spacial score (nSPS) is 14.1. The number of nitrogens with zero attached hydrogens (tertiary/aromatic N) is 1. The summed E-state index contributed by atoms with van der Waals surface area (Å²) in [5.74, 6) is -0.141. The highest BCUT2D eigenvalue weighted by Gasteiger charge is 2.28. The number of amides is 1. The van der Waals surface area contributed by atoms with E-state index in [0.29, 0.717) is 23.9 Å². The van der Waals surface area contributed by atoms with Gasteiger partial charge in [0.15, 0.2) is 0 Å². The van der Waals surface area contributed by atoms with Crippen molar-refractivity contribution in [2.75, 3.05) is 40.9 Å². The molecule has 0 aliphatic rings. The second-order valence-corrected chi connectivity index (χ2v) is 21.4. The molecule has 0 saturated carbocycles. The van der Waals surface area contributed by atoms with Gasteiger partial charge in [-0.25, -0.2) is 4.57 Å². The third kappa shape index (κ3) is 47.2. The van der Waals surface area contributed by atoms with Crippen molar-refractivity contribution in [1.29, 1.82) is 0 Å². The molecule has 0 aliphatic heterocycles. The SMILES string of the molecule is CCCCCCCCCC/C=C\CCCCCCCCCCCCCCCCCCCC(=O)NC(COP(=O)(O)OCC[N+](C)(C)C)C(O)CCCCCCCCCCCCC. The Morgan fingerprint density at radius 1 is 0.532 bits per heavy atom. The minimum absolute atomic E-state index is 0.0774. The molecule has 3 unspecified atom stereocenters. The van der Waals surface area contributed by atoms with Crippen molar-refractivity contribution in [3.8, 4) is 0 Å². The summed E-state index contributed by atoms with van der Waals surface area (Å²) < 4.78 is 23.7. The molecule has 8 nitrogen and oxygen atoms in total. The fourth-order valence-electron chi connectivity index (χ4n) is 8.22. The van der Waals surface area contributed by atoms with Crippen LogP contribution in [0, 0.1) is 0 Å². The van der Waals surface area contributed by atoms with Crippen molar-refractivity contribution in [3.05, 3.63) is 12.2 Å². The van der Waals surface area contributed by atoms with Crippen molar-refractivity contribution < 1.29 is 32.9 Å². The first kappa shape index (κ1) is 61.2. The zero-order valence-electron chi connectivity index (χ0n) is 42.1. The second kappa shape index (κ2) is 45.4. The van der Waals surface area contributed by atoms with E-state index in [4.69, 9.17) is 9.05 Å². The van der Waals surface area contributed by atoms with Gasteiger partial charge in [-0.3, -0.25) is 13.8 Å². The summed E-state index contributed by atoms with van der Waals surface area (Å²) in [6.45, 7) is 4.90. The van der Waals surface area contributed by atoms with E-state index in [1.54, 1.807) is 0 Å². The molecule has 62 heavy (non-hydrogen) atoms. The maximum atomic E-state index is 12.9. The van der Waals surface area contributed by atoms with E-state index in [-0.39, 0.29) is 19.1 Å². The van der Waals surface area contributed by atoms with Gasteiger partial charge in [-0.2, -0.15) is 0 Å². The van der Waals surface area contributed by atoms with E-state index in [2.05, 4.69) is 31.3 Å². The number of aliphatic hydroxyl groups excluding tert-OH is 1. The van der Waals surface area contributed by atoms with E-state index in [1.807, 2.05) is 21.1 Å². The molecule has 1 amide bonds. The Bertz CT molecular complexity index is 1020. The topological polar surface area (TPSA) is 105 Å². The zero-order valence-corrected chi connectivity index (χ0v) is 43.0. The summed E-state index contributed by atoms with van der Waals surface area (Å²) in [6.07, 6.45) is 54.1. The van der Waals surface area contributed by atoms with Gasteiger partial charge in [-0.1, -0.05) is 238 Å². The Hall–Kier alpha value is -0.760. The molecule has 0 rings (SSSR count). The highest BCUT2D eigenvalue weighted by Crippen LogP contribution is 2.43. The largest absolute Gasteiger partial charge is 0.472 e. The molecule has 0 radical (unpaired) electrons. The lowest BCUT2D eigenvalue weighted by atomic mass is 10.0. The van der Waals surface area contributed by atoms with Crippen LogP contribution in [0.5, 0.6) is 0 Å². The summed E-state index contributed by atoms with van der Waals surface area (Å²) >= 11 is 0. The molecule has 9 heteroatoms. The van der Waals surface area contributed by atoms with Gasteiger partial charge in [0.2, 0.25) is 5.91 Å². The molecule has 0 aromatic rings. The Kier molecular flexibility index (Phi) is 44.8. The maximum Gasteiger partial charge on any atom is 0.472 e. The van der Waals surface area contributed by atoms with Crippen LogP contribution in [0.4, 0.5) is 0 Å². The Labute approximate surface area is 386 Å². The minimum Gasteiger partial charge on any atom is -0.391 e. The third-order valence-electron chi connectivity index (χ3n) is 12.5. The molecule has 0 aliphatic carbocycles. The number of quaternary nitrogens is 1. The summed E-state index contributed by atoms with van der Waals surface area (Å²) in [5.41, 5.74) is 0. The molecule has 0 bridgehead atoms. The Balaban J connectivity index is 4.00. The fourth-order valence-corrected chi connectivity index (χ4v) is 8.96. The number of aliphatic hydroxyl groups is 1. The number of carbonyl (C=O) groups is 1. The molecule has 0 heterocycles. The number of rotatable bonds is 50. The van der Waals surface area contributed by atoms with Crippen LogP contribution in [-0.2, 0) is 18.4 Å². The predicted molar refractivity (Wildman–Crippen MR) is 268 cm³/mol. The number of hydrogen-bond donors (Lipinski definition) is 3. The van der Waals surface area contributed by atoms with Crippen LogP contribution in [0.1, 0.15) is 271 Å². The monoisotopic (exact) mass is 900 g/mol. The van der Waals surface area contributed by atoms with Crippen LogP contribution < -0.4 is 5.32 Å². The number of likely N-dealkylation sites (N-methyl/N-ethyl adjacent to an activating group) is 1. The fraction of sp³-hybridized carbons (Fsp3) is 0.943. The molecule has 0 saturated heterocycles. The van der Waals surface area contributed by atoms with Gasteiger partial charge in [0.1, 0.15) is 13.2 Å². The van der Waals surface area contributed by atoms with Gasteiger partial charge < -0.3 is 19.8 Å². The lowest BCUT2D eigenvalue weighted by Crippen LogP contribution is -2.46. The standard InChI is InChI=1S/C53H107N2O6P/c1-6-8-10-12-14-16-18-19-20-21-22-23-24-25-26-27-28-29-30-31-32-33-34-35-37-39-41-43-45-47-53(57)54-51(50-61-62(58,59)60-49-48-55(3,4)5)52(56)46-44-42-40-38-36-17-15-13-11-9-7-2/h21-22,51-52,56H,6-20,23-50H2,1-5H3,(H-,54,57,58,59)/p+1/b22-21-. The zero-order chi connectivity index (χ0) is 45.7. The number of allylic oxidation sites excluding steroid dienone is 2. The van der Waals surface area contributed by atoms with Gasteiger partial charge in [0, 0.05) is 6.42 Å². The van der Waals surface area contributed by atoms with Crippen LogP contribution in [0.2, 0.25) is 0 Å². The maximum absolute atomic E-state index is 12.9. The number of phosphoric ester groups is 1. The van der Waals surface area contributed by atoms with Gasteiger partial charge in [0.05, 0.1) is 39.9 Å². The van der Waals surface area contributed by atoms with Crippen molar-refractivity contribution in [3.63, 3.8) is 0 Å². The first-order valence-electron chi connectivity index (χ1n) is 27.1. The molecule has 0 aromatic heterocycles. The predicted octanol–water partition coefficient (Wildman–Crippen LogP) is 15.9. The molecule has 3 atom stereocenters. The van der Waals surface area contributed by atoms with Gasteiger partial charge in [0.25, 0.3) is 0 Å². The Morgan fingerprint density at radius 2 is 0.871 bits per heavy atom.